The van der Waals surface area contributed by atoms with E-state index in [1.54, 1.807) is 7.11 Å². The van der Waals surface area contributed by atoms with Crippen LogP contribution in [0.2, 0.25) is 0 Å². The van der Waals surface area contributed by atoms with Crippen molar-refractivity contribution in [1.29, 1.82) is 0 Å². The number of carbonyl (C=O) groups excluding carboxylic acids is 1. The predicted octanol–water partition coefficient (Wildman–Crippen LogP) is 5.83. The molecule has 4 heteroatoms. The van der Waals surface area contributed by atoms with Crippen LogP contribution in [-0.4, -0.2) is 29.2 Å². The van der Waals surface area contributed by atoms with Gasteiger partial charge in [0.05, 0.1) is 17.1 Å². The molecule has 27 heavy (non-hydrogen) atoms. The maximum absolute atomic E-state index is 13.4. The molecule has 1 saturated carbocycles. The molecule has 0 radical (unpaired) electrons. The number of carbonyl (C=O) groups is 1. The first-order valence-electron chi connectivity index (χ1n) is 10.4. The van der Waals surface area contributed by atoms with Crippen molar-refractivity contribution in [2.75, 3.05) is 18.6 Å². The highest BCUT2D eigenvalue weighted by Gasteiger charge is 2.65. The van der Waals surface area contributed by atoms with Gasteiger partial charge in [0.2, 0.25) is 0 Å². The minimum absolute atomic E-state index is 0.0400. The molecule has 0 N–H and O–H groups in total. The molecule has 0 aromatic heterocycles. The van der Waals surface area contributed by atoms with Crippen LogP contribution in [0.3, 0.4) is 0 Å². The molecular weight excluding hydrogens is 372 g/mol. The number of ether oxygens (including phenoxy) is 1. The quantitative estimate of drug-likeness (QED) is 0.592. The summed E-state index contributed by atoms with van der Waals surface area (Å²) in [5.74, 6) is 2.50. The molecule has 3 aliphatic rings. The van der Waals surface area contributed by atoms with Gasteiger partial charge in [0.1, 0.15) is 0 Å². The number of aryl methyl sites for hydroxylation is 1. The van der Waals surface area contributed by atoms with Crippen LogP contribution in [0.5, 0.6) is 0 Å². The Hall–Kier alpha value is -0.610. The third-order valence-electron chi connectivity index (χ3n) is 8.05. The van der Waals surface area contributed by atoms with Crippen molar-refractivity contribution in [2.45, 2.75) is 68.8 Å². The van der Waals surface area contributed by atoms with Crippen LogP contribution in [-0.2, 0) is 21.4 Å². The van der Waals surface area contributed by atoms with Gasteiger partial charge in [-0.25, -0.2) is 0 Å². The molecule has 3 atom stereocenters. The molecule has 0 unspecified atom stereocenters. The minimum atomic E-state index is -0.371. The van der Waals surface area contributed by atoms with Crippen molar-refractivity contribution < 1.29 is 9.53 Å². The molecule has 2 nitrogen and oxygen atoms in total. The van der Waals surface area contributed by atoms with Crippen molar-refractivity contribution in [3.05, 3.63) is 35.4 Å². The van der Waals surface area contributed by atoms with Crippen LogP contribution >= 0.6 is 23.5 Å². The van der Waals surface area contributed by atoms with Crippen LogP contribution in [0.15, 0.2) is 24.3 Å². The summed E-state index contributed by atoms with van der Waals surface area (Å²) in [4.78, 5) is 13.4. The summed E-state index contributed by atoms with van der Waals surface area (Å²) >= 11 is 4.12. The third kappa shape index (κ3) is 2.88. The Bertz CT molecular complexity index is 714. The number of hydrogen-bond donors (Lipinski definition) is 0. The monoisotopic (exact) mass is 404 g/mol. The number of esters is 1. The summed E-state index contributed by atoms with van der Waals surface area (Å²) in [6.45, 7) is 4.85. The average Bonchev–Trinajstić information content (AvgIpc) is 2.70. The molecule has 0 spiro atoms. The second kappa shape index (κ2) is 7.33. The summed E-state index contributed by atoms with van der Waals surface area (Å²) < 4.78 is 6.05. The zero-order valence-electron chi connectivity index (χ0n) is 16.9. The van der Waals surface area contributed by atoms with E-state index in [2.05, 4.69) is 61.6 Å². The lowest BCUT2D eigenvalue weighted by Crippen LogP contribution is -2.62. The Kier molecular flexibility index (Phi) is 5.35. The third-order valence-corrected chi connectivity index (χ3v) is 11.0. The Morgan fingerprint density at radius 3 is 2.59 bits per heavy atom. The SMILES string of the molecule is COC(=O)[C@@]1(CC2SCCCS2)CCC[C@]2(C)c3ccccc3CC[C@@]12C. The second-order valence-electron chi connectivity index (χ2n) is 8.98. The van der Waals surface area contributed by atoms with E-state index >= 15 is 0 Å². The lowest BCUT2D eigenvalue weighted by Gasteiger charge is -2.63. The van der Waals surface area contributed by atoms with E-state index in [-0.39, 0.29) is 22.2 Å². The van der Waals surface area contributed by atoms with Gasteiger partial charge in [-0.3, -0.25) is 4.79 Å². The number of hydrogen-bond acceptors (Lipinski definition) is 4. The van der Waals surface area contributed by atoms with Crippen LogP contribution in [0, 0.1) is 10.8 Å². The molecule has 0 amide bonds. The zero-order valence-corrected chi connectivity index (χ0v) is 18.5. The van der Waals surface area contributed by atoms with E-state index in [1.165, 1.54) is 35.5 Å². The van der Waals surface area contributed by atoms with E-state index in [0.717, 1.165) is 32.1 Å². The van der Waals surface area contributed by atoms with Crippen LogP contribution in [0.1, 0.15) is 63.5 Å². The topological polar surface area (TPSA) is 26.3 Å². The first-order chi connectivity index (χ1) is 13.0. The zero-order chi connectivity index (χ0) is 19.1. The summed E-state index contributed by atoms with van der Waals surface area (Å²) in [5.41, 5.74) is 2.58. The van der Waals surface area contributed by atoms with Crippen LogP contribution < -0.4 is 0 Å². The van der Waals surface area contributed by atoms with Gasteiger partial charge in [-0.2, -0.15) is 0 Å². The average molecular weight is 405 g/mol. The van der Waals surface area contributed by atoms with Gasteiger partial charge in [0.15, 0.2) is 0 Å². The van der Waals surface area contributed by atoms with Gasteiger partial charge in [-0.1, -0.05) is 44.5 Å². The fourth-order valence-electron chi connectivity index (χ4n) is 6.30. The molecule has 0 bridgehead atoms. The number of methoxy groups -OCH3 is 1. The van der Waals surface area contributed by atoms with E-state index in [9.17, 15) is 4.79 Å². The first-order valence-corrected chi connectivity index (χ1v) is 12.5. The molecule has 1 heterocycles. The molecule has 1 aromatic rings. The molecule has 1 aliphatic heterocycles. The Morgan fingerprint density at radius 2 is 1.85 bits per heavy atom. The number of rotatable bonds is 3. The highest BCUT2D eigenvalue weighted by molar-refractivity contribution is 8.17. The van der Waals surface area contributed by atoms with E-state index in [0.29, 0.717) is 4.58 Å². The fourth-order valence-corrected chi connectivity index (χ4v) is 9.40. The van der Waals surface area contributed by atoms with Crippen molar-refractivity contribution >= 4 is 29.5 Å². The molecule has 2 aliphatic carbocycles. The Labute approximate surface area is 172 Å². The molecule has 4 rings (SSSR count). The van der Waals surface area contributed by atoms with E-state index < -0.39 is 0 Å². The normalized spacial score (nSPS) is 36.6. The number of benzene rings is 1. The highest BCUT2D eigenvalue weighted by Crippen LogP contribution is 2.67. The molecule has 1 saturated heterocycles. The Morgan fingerprint density at radius 1 is 1.11 bits per heavy atom. The highest BCUT2D eigenvalue weighted by atomic mass is 32.2. The van der Waals surface area contributed by atoms with E-state index in [1.807, 2.05) is 0 Å². The van der Waals surface area contributed by atoms with Crippen molar-refractivity contribution in [1.82, 2.24) is 0 Å². The number of fused-ring (bicyclic) bond motifs is 3. The molecule has 148 valence electrons. The van der Waals surface area contributed by atoms with Gasteiger partial charge >= 0.3 is 5.97 Å². The summed E-state index contributed by atoms with van der Waals surface area (Å²) in [6, 6.07) is 8.96. The summed E-state index contributed by atoms with van der Waals surface area (Å²) in [5, 5.41) is 0. The maximum atomic E-state index is 13.4. The van der Waals surface area contributed by atoms with Gasteiger partial charge in [-0.15, -0.1) is 23.5 Å². The van der Waals surface area contributed by atoms with Gasteiger partial charge < -0.3 is 4.74 Å². The standard InChI is InChI=1S/C23H32O2S2/c1-21-11-6-12-23(20(24)25-3,16-19-26-14-7-15-27-19)22(21,2)13-10-17-8-4-5-9-18(17)21/h4-5,8-9,19H,6-7,10-16H2,1-3H3/t21-,22-,23+/m1/s1. The first kappa shape index (κ1) is 19.7. The van der Waals surface area contributed by atoms with E-state index in [4.69, 9.17) is 4.74 Å². The van der Waals surface area contributed by atoms with Gasteiger partial charge in [0.25, 0.3) is 0 Å². The summed E-state index contributed by atoms with van der Waals surface area (Å²) in [6.07, 6.45) is 7.67. The predicted molar refractivity (Wildman–Crippen MR) is 116 cm³/mol. The Balaban J connectivity index is 1.81. The largest absolute Gasteiger partial charge is 0.469 e. The summed E-state index contributed by atoms with van der Waals surface area (Å²) in [7, 11) is 1.59. The minimum Gasteiger partial charge on any atom is -0.469 e. The van der Waals surface area contributed by atoms with Crippen molar-refractivity contribution in [2.24, 2.45) is 10.8 Å². The van der Waals surface area contributed by atoms with Gasteiger partial charge in [-0.05, 0) is 72.0 Å². The fraction of sp³-hybridized carbons (Fsp3) is 0.696. The molecule has 1 aromatic carbocycles. The smallest absolute Gasteiger partial charge is 0.312 e. The second-order valence-corrected chi connectivity index (χ2v) is 11.9. The lowest BCUT2D eigenvalue weighted by molar-refractivity contribution is -0.176. The van der Waals surface area contributed by atoms with Crippen LogP contribution in [0.25, 0.3) is 0 Å². The lowest BCUT2D eigenvalue weighted by atomic mass is 9.40. The number of thioether (sulfide) groups is 2. The van der Waals surface area contributed by atoms with Gasteiger partial charge in [0, 0.05) is 0 Å². The maximum Gasteiger partial charge on any atom is 0.312 e. The van der Waals surface area contributed by atoms with Crippen LogP contribution in [0.4, 0.5) is 0 Å². The van der Waals surface area contributed by atoms with Crippen molar-refractivity contribution in [3.8, 4) is 0 Å². The molecular formula is C23H32O2S2. The molecule has 2 fully saturated rings. The van der Waals surface area contributed by atoms with Crippen molar-refractivity contribution in [3.63, 3.8) is 0 Å².